The topological polar surface area (TPSA) is 36.3 Å². The van der Waals surface area contributed by atoms with Crippen LogP contribution in [0.1, 0.15) is 54.4 Å². The van der Waals surface area contributed by atoms with Crippen LogP contribution in [0.5, 0.6) is 0 Å². The van der Waals surface area contributed by atoms with Crippen molar-refractivity contribution >= 4 is 0 Å². The molecule has 0 saturated heterocycles. The minimum Gasteiger partial charge on any atom is -0.381 e. The van der Waals surface area contributed by atoms with E-state index < -0.39 is 0 Å². The second-order valence-corrected chi connectivity index (χ2v) is 5.11. The molecule has 110 valence electrons. The average molecular weight is 258 g/mol. The van der Waals surface area contributed by atoms with Crippen LogP contribution < -0.4 is 0 Å². The second kappa shape index (κ2) is 16.2. The highest BCUT2D eigenvalue weighted by molar-refractivity contribution is 4.62. The summed E-state index contributed by atoms with van der Waals surface area (Å²) in [5, 5.41) is 7.82. The summed E-state index contributed by atoms with van der Waals surface area (Å²) in [6.07, 6.45) is 4.71. The molecule has 3 heteroatoms. The summed E-state index contributed by atoms with van der Waals surface area (Å²) in [4.78, 5) is 1.43. The van der Waals surface area contributed by atoms with Gasteiger partial charge >= 0.3 is 0 Å². The average Bonchev–Trinajstić information content (AvgIpc) is 2.30. The smallest absolute Gasteiger partial charge is 0.178 e. The first kappa shape index (κ1) is 22.4. The fraction of sp³-hybridized carbons (Fsp3) is 0.933. The first-order valence-electron chi connectivity index (χ1n) is 6.93. The zero-order valence-corrected chi connectivity index (χ0v) is 13.9. The number of hydrogen-bond acceptors (Lipinski definition) is 3. The van der Waals surface area contributed by atoms with Gasteiger partial charge in [-0.25, -0.2) is 0 Å². The lowest BCUT2D eigenvalue weighted by Gasteiger charge is -2.18. The normalized spacial score (nSPS) is 9.28. The molecule has 0 aromatic rings. The Balaban J connectivity index is -0.000000270. The predicted molar refractivity (Wildman–Crippen MR) is 80.4 cm³/mol. The zero-order valence-electron chi connectivity index (χ0n) is 13.9. The molecule has 0 unspecified atom stereocenters. The molecule has 18 heavy (non-hydrogen) atoms. The van der Waals surface area contributed by atoms with E-state index in [1.54, 1.807) is 14.1 Å². The number of hydrogen-bond donors (Lipinski definition) is 0. The van der Waals surface area contributed by atoms with Gasteiger partial charge in [-0.05, 0) is 24.7 Å². The van der Waals surface area contributed by atoms with Crippen LogP contribution >= 0.6 is 0 Å². The van der Waals surface area contributed by atoms with E-state index >= 15 is 0 Å². The first-order chi connectivity index (χ1) is 8.33. The third-order valence-electron chi connectivity index (χ3n) is 2.00. The van der Waals surface area contributed by atoms with Gasteiger partial charge in [-0.2, -0.15) is 5.26 Å². The van der Waals surface area contributed by atoms with E-state index in [4.69, 9.17) is 10.00 Å². The molecule has 0 aromatic heterocycles. The highest BCUT2D eigenvalue weighted by Gasteiger charge is 2.10. The molecule has 0 atom stereocenters. The van der Waals surface area contributed by atoms with Crippen molar-refractivity contribution in [2.75, 3.05) is 21.2 Å². The maximum Gasteiger partial charge on any atom is 0.178 e. The van der Waals surface area contributed by atoms with Crippen molar-refractivity contribution in [3.8, 4) is 6.19 Å². The molecule has 0 aliphatic rings. The van der Waals surface area contributed by atoms with Crippen LogP contribution in [0, 0.1) is 23.3 Å². The maximum absolute atomic E-state index is 7.82. The van der Waals surface area contributed by atoms with Crippen LogP contribution in [-0.4, -0.2) is 32.2 Å². The number of methoxy groups -OCH3 is 1. The van der Waals surface area contributed by atoms with Crippen molar-refractivity contribution in [2.45, 2.75) is 60.5 Å². The van der Waals surface area contributed by atoms with Gasteiger partial charge in [0.05, 0.1) is 6.10 Å². The lowest BCUT2D eigenvalue weighted by atomic mass is 9.98. The fourth-order valence-electron chi connectivity index (χ4n) is 1.34. The lowest BCUT2D eigenvalue weighted by molar-refractivity contribution is 0.0674. The summed E-state index contributed by atoms with van der Waals surface area (Å²) in [6.45, 7) is 13.0. The highest BCUT2D eigenvalue weighted by Crippen LogP contribution is 2.15. The van der Waals surface area contributed by atoms with Crippen LogP contribution in [0.2, 0.25) is 0 Å². The summed E-state index contributed by atoms with van der Waals surface area (Å²) < 4.78 is 5.37. The largest absolute Gasteiger partial charge is 0.381 e. The number of ether oxygens (including phenoxy) is 1. The van der Waals surface area contributed by atoms with E-state index in [9.17, 15) is 0 Å². The molecule has 0 saturated carbocycles. The van der Waals surface area contributed by atoms with Crippen molar-refractivity contribution < 1.29 is 4.74 Å². The van der Waals surface area contributed by atoms with Crippen LogP contribution in [0.4, 0.5) is 0 Å². The third kappa shape index (κ3) is 24.5. The van der Waals surface area contributed by atoms with Gasteiger partial charge in [-0.1, -0.05) is 41.5 Å². The van der Waals surface area contributed by atoms with Gasteiger partial charge in [-0.3, -0.25) is 0 Å². The van der Waals surface area contributed by atoms with Crippen LogP contribution in [0.25, 0.3) is 0 Å². The Morgan fingerprint density at radius 3 is 1.39 bits per heavy atom. The Labute approximate surface area is 115 Å². The Bertz CT molecular complexity index is 173. The van der Waals surface area contributed by atoms with Gasteiger partial charge in [0.25, 0.3) is 0 Å². The Morgan fingerprint density at radius 1 is 1.00 bits per heavy atom. The van der Waals surface area contributed by atoms with E-state index in [1.165, 1.54) is 17.7 Å². The number of nitriles is 1. The van der Waals surface area contributed by atoms with Crippen molar-refractivity contribution in [1.29, 1.82) is 5.26 Å². The molecule has 0 radical (unpaired) electrons. The van der Waals surface area contributed by atoms with Gasteiger partial charge < -0.3 is 9.64 Å². The van der Waals surface area contributed by atoms with Gasteiger partial charge in [0.1, 0.15) is 0 Å². The minimum absolute atomic E-state index is 0.468. The Morgan fingerprint density at radius 2 is 1.28 bits per heavy atom. The predicted octanol–water partition coefficient (Wildman–Crippen LogP) is 4.15. The molecule has 0 spiro atoms. The SMILES string of the molecule is CC.CN(C)C#N.COC(CC(C)C)CC(C)C. The molecule has 0 rings (SSSR count). The van der Waals surface area contributed by atoms with E-state index in [-0.39, 0.29) is 0 Å². The molecule has 0 fully saturated rings. The summed E-state index contributed by atoms with van der Waals surface area (Å²) in [7, 11) is 5.20. The molecule has 0 N–H and O–H groups in total. The lowest BCUT2D eigenvalue weighted by Crippen LogP contribution is -2.15. The zero-order chi connectivity index (χ0) is 15.1. The molecule has 0 aromatic carbocycles. The molecular weight excluding hydrogens is 224 g/mol. The van der Waals surface area contributed by atoms with Gasteiger partial charge in [0, 0.05) is 21.2 Å². The minimum atomic E-state index is 0.468. The molecular formula is C15H34N2O. The first-order valence-corrected chi connectivity index (χ1v) is 6.93. The second-order valence-electron chi connectivity index (χ2n) is 5.11. The van der Waals surface area contributed by atoms with Crippen LogP contribution in [-0.2, 0) is 4.74 Å². The summed E-state index contributed by atoms with van der Waals surface area (Å²) in [5.74, 6) is 1.50. The monoisotopic (exact) mass is 258 g/mol. The summed E-state index contributed by atoms with van der Waals surface area (Å²) in [6, 6.07) is 0. The molecule has 0 amide bonds. The van der Waals surface area contributed by atoms with Gasteiger partial charge in [-0.15, -0.1) is 0 Å². The summed E-state index contributed by atoms with van der Waals surface area (Å²) in [5.41, 5.74) is 0. The molecule has 3 nitrogen and oxygen atoms in total. The van der Waals surface area contributed by atoms with E-state index in [0.29, 0.717) is 6.10 Å². The molecule has 0 aliphatic heterocycles. The fourth-order valence-corrected chi connectivity index (χ4v) is 1.34. The Kier molecular flexibility index (Phi) is 20.3. The van der Waals surface area contributed by atoms with Gasteiger partial charge in [0.15, 0.2) is 6.19 Å². The highest BCUT2D eigenvalue weighted by atomic mass is 16.5. The van der Waals surface area contributed by atoms with Crippen molar-refractivity contribution in [1.82, 2.24) is 4.90 Å². The van der Waals surface area contributed by atoms with Crippen molar-refractivity contribution in [3.63, 3.8) is 0 Å². The van der Waals surface area contributed by atoms with Gasteiger partial charge in [0.2, 0.25) is 0 Å². The molecule has 0 aliphatic carbocycles. The standard InChI is InChI=1S/C10H22O.C3H6N2.C2H6/c1-8(2)6-10(11-5)7-9(3)4;1-5(2)3-4;1-2/h8-10H,6-7H2,1-5H3;1-2H3;1-2H3. The van der Waals surface area contributed by atoms with Crippen molar-refractivity contribution in [2.24, 2.45) is 11.8 Å². The number of nitrogens with zero attached hydrogens (tertiary/aromatic N) is 2. The Hall–Kier alpha value is -0.750. The summed E-state index contributed by atoms with van der Waals surface area (Å²) >= 11 is 0. The maximum atomic E-state index is 7.82. The van der Waals surface area contributed by atoms with E-state index in [1.807, 2.05) is 27.2 Å². The van der Waals surface area contributed by atoms with Crippen molar-refractivity contribution in [3.05, 3.63) is 0 Å². The van der Waals surface area contributed by atoms with Crippen LogP contribution in [0.15, 0.2) is 0 Å². The molecule has 0 bridgehead atoms. The molecule has 0 heterocycles. The third-order valence-corrected chi connectivity index (χ3v) is 2.00. The van der Waals surface area contributed by atoms with E-state index in [2.05, 4.69) is 27.7 Å². The van der Waals surface area contributed by atoms with E-state index in [0.717, 1.165) is 11.8 Å². The van der Waals surface area contributed by atoms with Crippen LogP contribution in [0.3, 0.4) is 0 Å². The quantitative estimate of drug-likeness (QED) is 0.549. The number of rotatable bonds is 5.